The molecule has 0 saturated carbocycles. The van der Waals surface area contributed by atoms with Gasteiger partial charge in [-0.05, 0) is 30.3 Å². The number of benzene rings is 1. The number of hydrogen-bond donors (Lipinski definition) is 3. The second-order valence-corrected chi connectivity index (χ2v) is 9.33. The lowest BCUT2D eigenvalue weighted by molar-refractivity contribution is -0.137. The van der Waals surface area contributed by atoms with E-state index in [9.17, 15) is 17.4 Å². The summed E-state index contributed by atoms with van der Waals surface area (Å²) in [6.07, 6.45) is -0.0432. The lowest BCUT2D eigenvalue weighted by atomic mass is 10.2. The van der Waals surface area contributed by atoms with E-state index in [1.165, 1.54) is 24.5 Å². The minimum Gasteiger partial charge on any atom is -0.332 e. The maximum atomic E-state index is 13.2. The molecule has 0 radical (unpaired) electrons. The molecule has 0 aliphatic rings. The zero-order valence-corrected chi connectivity index (χ0v) is 20.2. The fourth-order valence-electron chi connectivity index (χ4n) is 3.01. The molecule has 0 fully saturated rings. The molecule has 1 aromatic carbocycles. The van der Waals surface area contributed by atoms with Crippen molar-refractivity contribution in [2.45, 2.75) is 37.4 Å². The molecule has 0 spiro atoms. The van der Waals surface area contributed by atoms with Gasteiger partial charge in [0.05, 0.1) is 26.2 Å². The summed E-state index contributed by atoms with van der Waals surface area (Å²) in [5, 5.41) is 8.19. The third-order valence-electron chi connectivity index (χ3n) is 4.52. The molecule has 2 heterocycles. The Morgan fingerprint density at radius 3 is 2.62 bits per heavy atom. The molecule has 14 heteroatoms. The quantitative estimate of drug-likeness (QED) is 0.280. The van der Waals surface area contributed by atoms with Crippen molar-refractivity contribution in [3.63, 3.8) is 0 Å². The van der Waals surface area contributed by atoms with Crippen LogP contribution in [-0.2, 0) is 23.7 Å². The van der Waals surface area contributed by atoms with Crippen LogP contribution in [0.2, 0.25) is 10.0 Å². The summed E-state index contributed by atoms with van der Waals surface area (Å²) in [5.74, 6) is 6.31. The second kappa shape index (κ2) is 10.7. The van der Waals surface area contributed by atoms with E-state index < -0.39 is 27.7 Å². The van der Waals surface area contributed by atoms with Crippen molar-refractivity contribution >= 4 is 39.9 Å². The highest BCUT2D eigenvalue weighted by Gasteiger charge is 2.34. The maximum absolute atomic E-state index is 13.2. The average Bonchev–Trinajstić information content (AvgIpc) is 3.17. The SMILES string of the molecule is CC(C)c1nnc(-c2ncc(Cl)cc2NS(=O)c2ccc(Cl)c(C(F)(F)F)c2)n1C/C=C\NN. The Hall–Kier alpha value is -2.67. The van der Waals surface area contributed by atoms with Gasteiger partial charge in [0.25, 0.3) is 0 Å². The molecule has 3 rings (SSSR count). The number of pyridine rings is 1. The first-order valence-electron chi connectivity index (χ1n) is 9.78. The average molecular weight is 534 g/mol. The van der Waals surface area contributed by atoms with Crippen LogP contribution in [0.15, 0.2) is 47.6 Å². The Labute approximate surface area is 205 Å². The molecular weight excluding hydrogens is 514 g/mol. The Morgan fingerprint density at radius 1 is 1.24 bits per heavy atom. The van der Waals surface area contributed by atoms with Crippen LogP contribution < -0.4 is 16.0 Å². The van der Waals surface area contributed by atoms with E-state index in [1.54, 1.807) is 10.6 Å². The first-order chi connectivity index (χ1) is 16.0. The molecule has 0 saturated heterocycles. The fourth-order valence-corrected chi connectivity index (χ4v) is 4.29. The van der Waals surface area contributed by atoms with Crippen molar-refractivity contribution in [2.24, 2.45) is 5.84 Å². The molecule has 182 valence electrons. The minimum absolute atomic E-state index is 0.0215. The van der Waals surface area contributed by atoms with Gasteiger partial charge in [0.1, 0.15) is 22.5 Å². The molecule has 3 aromatic rings. The molecule has 8 nitrogen and oxygen atoms in total. The second-order valence-electron chi connectivity index (χ2n) is 7.28. The van der Waals surface area contributed by atoms with E-state index in [0.717, 1.165) is 12.1 Å². The van der Waals surface area contributed by atoms with Gasteiger partial charge in [-0.15, -0.1) is 10.2 Å². The molecule has 1 atom stereocenters. The van der Waals surface area contributed by atoms with Gasteiger partial charge in [-0.2, -0.15) is 13.2 Å². The Kier molecular flexibility index (Phi) is 8.18. The number of hydrazine groups is 1. The highest BCUT2D eigenvalue weighted by molar-refractivity contribution is 7.86. The smallest absolute Gasteiger partial charge is 0.332 e. The highest BCUT2D eigenvalue weighted by Crippen LogP contribution is 2.36. The lowest BCUT2D eigenvalue weighted by Gasteiger charge is -2.14. The predicted octanol–water partition coefficient (Wildman–Crippen LogP) is 4.90. The standard InChI is InChI=1S/C20H20Cl2F3N7OS/c1-11(2)18-29-30-19(32(18)7-3-6-28-26)17-16(8-12(21)10-27-17)31-34(33)13-4-5-15(22)14(9-13)20(23,24)25/h3-6,8-11,28,31H,7,26H2,1-2H3/b6-3-. The Bertz CT molecular complexity index is 1230. The van der Waals surface area contributed by atoms with E-state index in [0.29, 0.717) is 18.2 Å². The van der Waals surface area contributed by atoms with Crippen molar-refractivity contribution in [1.29, 1.82) is 0 Å². The third kappa shape index (κ3) is 5.87. The maximum Gasteiger partial charge on any atom is 0.417 e. The Morgan fingerprint density at radius 2 is 1.97 bits per heavy atom. The van der Waals surface area contributed by atoms with Crippen molar-refractivity contribution in [1.82, 2.24) is 25.2 Å². The molecule has 34 heavy (non-hydrogen) atoms. The van der Waals surface area contributed by atoms with E-state index in [4.69, 9.17) is 29.0 Å². The number of nitrogens with zero attached hydrogens (tertiary/aromatic N) is 4. The van der Waals surface area contributed by atoms with Crippen LogP contribution >= 0.6 is 23.2 Å². The number of anilines is 1. The highest BCUT2D eigenvalue weighted by atomic mass is 35.5. The van der Waals surface area contributed by atoms with E-state index in [1.807, 2.05) is 13.8 Å². The number of halogens is 5. The predicted molar refractivity (Wildman–Crippen MR) is 125 cm³/mol. The zero-order chi connectivity index (χ0) is 25.0. The van der Waals surface area contributed by atoms with Gasteiger partial charge in [0, 0.05) is 24.9 Å². The molecule has 0 amide bonds. The van der Waals surface area contributed by atoms with E-state index in [-0.39, 0.29) is 27.2 Å². The van der Waals surface area contributed by atoms with E-state index >= 15 is 0 Å². The van der Waals surface area contributed by atoms with Gasteiger partial charge in [0.2, 0.25) is 0 Å². The van der Waals surface area contributed by atoms with Gasteiger partial charge in [-0.25, -0.2) is 9.19 Å². The number of allylic oxidation sites excluding steroid dienone is 1. The molecule has 0 aliphatic heterocycles. The minimum atomic E-state index is -4.70. The monoisotopic (exact) mass is 533 g/mol. The van der Waals surface area contributed by atoms with Gasteiger partial charge in [-0.3, -0.25) is 10.6 Å². The van der Waals surface area contributed by atoms with Gasteiger partial charge < -0.3 is 9.99 Å². The van der Waals surface area contributed by atoms with Crippen molar-refractivity contribution in [2.75, 3.05) is 4.72 Å². The molecule has 1 unspecified atom stereocenters. The molecular formula is C20H20Cl2F3N7OS. The molecule has 0 bridgehead atoms. The summed E-state index contributed by atoms with van der Waals surface area (Å²) < 4.78 is 57.1. The molecule has 0 aliphatic carbocycles. The van der Waals surface area contributed by atoms with Crippen molar-refractivity contribution in [3.8, 4) is 11.5 Å². The summed E-state index contributed by atoms with van der Waals surface area (Å²) in [6.45, 7) is 4.23. The summed E-state index contributed by atoms with van der Waals surface area (Å²) in [6, 6.07) is 4.46. The molecule has 4 N–H and O–H groups in total. The van der Waals surface area contributed by atoms with Gasteiger partial charge >= 0.3 is 6.18 Å². The lowest BCUT2D eigenvalue weighted by Crippen LogP contribution is -2.14. The largest absolute Gasteiger partial charge is 0.417 e. The first kappa shape index (κ1) is 25.9. The number of aromatic nitrogens is 4. The van der Waals surface area contributed by atoms with Crippen LogP contribution in [0.25, 0.3) is 11.5 Å². The van der Waals surface area contributed by atoms with Crippen LogP contribution in [0.4, 0.5) is 18.9 Å². The van der Waals surface area contributed by atoms with Crippen LogP contribution in [0.5, 0.6) is 0 Å². The topological polar surface area (TPSA) is 111 Å². The first-order valence-corrected chi connectivity index (χ1v) is 11.7. The number of rotatable bonds is 8. The van der Waals surface area contributed by atoms with Crippen molar-refractivity contribution in [3.05, 3.63) is 64.2 Å². The number of nitrogens with two attached hydrogens (primary N) is 1. The summed E-state index contributed by atoms with van der Waals surface area (Å²) >= 11 is 11.8. The van der Waals surface area contributed by atoms with Gasteiger partial charge in [0.15, 0.2) is 5.82 Å². The van der Waals surface area contributed by atoms with Crippen molar-refractivity contribution < 1.29 is 17.4 Å². The Balaban J connectivity index is 2.03. The normalized spacial score (nSPS) is 13.0. The molecule has 2 aromatic heterocycles. The summed E-state index contributed by atoms with van der Waals surface area (Å²) in [5.41, 5.74) is 1.77. The number of nitrogens with one attached hydrogen (secondary N) is 2. The summed E-state index contributed by atoms with van der Waals surface area (Å²) in [4.78, 5) is 4.17. The van der Waals surface area contributed by atoms with Crippen LogP contribution in [0, 0.1) is 0 Å². The van der Waals surface area contributed by atoms with Gasteiger partial charge in [-0.1, -0.05) is 37.0 Å². The third-order valence-corrected chi connectivity index (χ3v) is 6.15. The number of hydrogen-bond acceptors (Lipinski definition) is 6. The summed E-state index contributed by atoms with van der Waals surface area (Å²) in [7, 11) is -2.10. The zero-order valence-electron chi connectivity index (χ0n) is 17.9. The van der Waals surface area contributed by atoms with Crippen LogP contribution in [-0.4, -0.2) is 24.0 Å². The fraction of sp³-hybridized carbons (Fsp3) is 0.250. The van der Waals surface area contributed by atoms with E-state index in [2.05, 4.69) is 25.3 Å². The number of alkyl halides is 3. The van der Waals surface area contributed by atoms with Crippen LogP contribution in [0.3, 0.4) is 0 Å². The van der Waals surface area contributed by atoms with Crippen LogP contribution in [0.1, 0.15) is 31.2 Å².